The Kier molecular flexibility index (Phi) is 10.7. The van der Waals surface area contributed by atoms with E-state index in [0.717, 1.165) is 99.9 Å². The molecule has 16 nitrogen and oxygen atoms in total. The summed E-state index contributed by atoms with van der Waals surface area (Å²) < 4.78 is 22.2. The number of halogens is 1. The van der Waals surface area contributed by atoms with Crippen molar-refractivity contribution in [2.24, 2.45) is 5.92 Å². The number of imidazole rings is 2. The number of carbonyl (C=O) groups excluding carboxylic acids is 4. The number of amides is 4. The van der Waals surface area contributed by atoms with Crippen molar-refractivity contribution in [1.82, 2.24) is 40.4 Å². The fourth-order valence-electron chi connectivity index (χ4n) is 10.1. The minimum absolute atomic E-state index is 0.0445. The van der Waals surface area contributed by atoms with Gasteiger partial charge in [0.1, 0.15) is 11.9 Å². The monoisotopic (exact) mass is 957 g/mol. The van der Waals surface area contributed by atoms with Gasteiger partial charge in [0.05, 0.1) is 30.8 Å². The number of alkyl carbamates (subject to hydrolysis) is 2. The topological polar surface area (TPSA) is 193 Å². The van der Waals surface area contributed by atoms with Crippen LogP contribution in [0.2, 0.25) is 0 Å². The van der Waals surface area contributed by atoms with Crippen LogP contribution in [-0.2, 0) is 30.4 Å². The van der Waals surface area contributed by atoms with E-state index in [9.17, 15) is 19.2 Å². The molecule has 10 rings (SSSR count). The number of aromatic nitrogens is 4. The molecule has 4 N–H and O–H groups in total. The van der Waals surface area contributed by atoms with Crippen molar-refractivity contribution < 1.29 is 59.3 Å². The van der Waals surface area contributed by atoms with Crippen LogP contribution in [0.15, 0.2) is 48.7 Å². The first-order valence-electron chi connectivity index (χ1n) is 21.4. The molecule has 5 aliphatic rings. The van der Waals surface area contributed by atoms with Crippen molar-refractivity contribution in [2.45, 2.75) is 97.2 Å². The molecule has 1 unspecified atom stereocenters. The summed E-state index contributed by atoms with van der Waals surface area (Å²) in [7, 11) is 2.62. The first-order valence-corrected chi connectivity index (χ1v) is 23.9. The average molecular weight is 958 g/mol. The van der Waals surface area contributed by atoms with Crippen LogP contribution >= 0.6 is 0 Å². The Morgan fingerprint density at radius 2 is 1.77 bits per heavy atom. The molecule has 4 saturated heterocycles. The van der Waals surface area contributed by atoms with E-state index in [1.165, 1.54) is 14.2 Å². The molecule has 0 radical (unpaired) electrons. The number of H-pyrrole nitrogens is 2. The van der Waals surface area contributed by atoms with Crippen LogP contribution in [-0.4, -0.2) is 107 Å². The number of nitrogens with zero attached hydrogens (tertiary/aromatic N) is 4. The molecule has 3 aromatic carbocycles. The molecule has 7 heterocycles. The summed E-state index contributed by atoms with van der Waals surface area (Å²) >= 11 is -0.372. The second kappa shape index (κ2) is 16.4. The predicted molar refractivity (Wildman–Crippen MR) is 224 cm³/mol. The molecule has 326 valence electrons. The molecule has 0 spiro atoms. The molecule has 0 bridgehead atoms. The van der Waals surface area contributed by atoms with Crippen LogP contribution in [0.4, 0.5) is 9.59 Å². The van der Waals surface area contributed by atoms with E-state index in [4.69, 9.17) is 28.9 Å². The van der Waals surface area contributed by atoms with Gasteiger partial charge in [-0.3, -0.25) is 4.79 Å². The zero-order chi connectivity index (χ0) is 42.8. The van der Waals surface area contributed by atoms with E-state index >= 15 is 0 Å². The molecule has 0 aliphatic carbocycles. The molecular weight excluding hydrogens is 907 g/mol. The summed E-state index contributed by atoms with van der Waals surface area (Å²) in [5.41, 5.74) is 6.65. The molecule has 4 fully saturated rings. The van der Waals surface area contributed by atoms with Crippen LogP contribution in [0.25, 0.3) is 44.2 Å². The van der Waals surface area contributed by atoms with Gasteiger partial charge in [0, 0.05) is 24.0 Å². The molecular formula is C45H50IN8O8-. The number of hydrogen-bond acceptors (Lipinski definition) is 10. The standard InChI is InChI=1S/C45H50IN8O8/c1-22-7-12-34(53(22)43(56)38(52-45(58)60-4)26-6-5-15-61-20-26)41-48-31-11-9-24-17-30-28-10-8-25(16-27(28)21-62-35(30)18-29(24)39(31)50-41)32-19-47-40(49-32)33-13-14-36-46-23(2)37(42(55)54(33)36)51-44(57)59-3/h8-11,16-19,22-23,26,33-34,36-38H,5-7,12-15,20-21H2,1-4H3,(H,47,49)(H,48,50)(H,51,57)(H,52,58)/q-1/t22-,23?,26-,33-,34-,36+,37-,38-/m0/s1. The fourth-order valence-corrected chi connectivity index (χ4v) is 14.1. The number of methoxy groups -OCH3 is 2. The summed E-state index contributed by atoms with van der Waals surface area (Å²) in [6.45, 7) is 5.53. The van der Waals surface area contributed by atoms with Gasteiger partial charge in [0.25, 0.3) is 0 Å². The van der Waals surface area contributed by atoms with E-state index < -0.39 is 24.3 Å². The number of carbonyl (C=O) groups is 4. The number of rotatable bonds is 7. The first kappa shape index (κ1) is 40.6. The number of fused-ring (bicyclic) bond motifs is 7. The van der Waals surface area contributed by atoms with Crippen LogP contribution < -0.4 is 36.6 Å². The Morgan fingerprint density at radius 3 is 2.58 bits per heavy atom. The van der Waals surface area contributed by atoms with Crippen LogP contribution in [0.3, 0.4) is 0 Å². The maximum atomic E-state index is 14.4. The van der Waals surface area contributed by atoms with Gasteiger partial charge in [-0.05, 0) is 50.1 Å². The molecule has 17 heteroatoms. The number of likely N-dealkylation sites (tertiary alicyclic amines) is 1. The number of aromatic amines is 2. The number of ether oxygens (including phenoxy) is 4. The molecule has 0 saturated carbocycles. The van der Waals surface area contributed by atoms with Gasteiger partial charge in [-0.25, -0.2) is 9.78 Å². The Balaban J connectivity index is 0.900. The van der Waals surface area contributed by atoms with Crippen molar-refractivity contribution in [3.8, 4) is 28.1 Å². The summed E-state index contributed by atoms with van der Waals surface area (Å²) in [4.78, 5) is 73.4. The molecule has 4 amide bonds. The Labute approximate surface area is 368 Å². The Hall–Kier alpha value is -5.43. The van der Waals surface area contributed by atoms with E-state index in [1.54, 1.807) is 0 Å². The normalized spacial score (nSPS) is 26.2. The van der Waals surface area contributed by atoms with Crippen molar-refractivity contribution in [3.63, 3.8) is 0 Å². The van der Waals surface area contributed by atoms with E-state index in [1.807, 2.05) is 35.9 Å². The van der Waals surface area contributed by atoms with Gasteiger partial charge in [-0.1, -0.05) is 6.07 Å². The van der Waals surface area contributed by atoms with Crippen LogP contribution in [0.5, 0.6) is 5.75 Å². The van der Waals surface area contributed by atoms with E-state index in [2.05, 4.69) is 57.0 Å². The Bertz CT molecular complexity index is 2590. The van der Waals surface area contributed by atoms with Crippen molar-refractivity contribution in [2.75, 3.05) is 27.4 Å². The van der Waals surface area contributed by atoms with Gasteiger partial charge < -0.3 is 24.7 Å². The fraction of sp³-hybridized carbons (Fsp3) is 0.467. The third-order valence-electron chi connectivity index (χ3n) is 13.3. The van der Waals surface area contributed by atoms with Gasteiger partial charge in [-0.2, -0.15) is 0 Å². The molecule has 5 aromatic rings. The molecule has 5 aliphatic heterocycles. The first-order chi connectivity index (χ1) is 30.1. The quantitative estimate of drug-likeness (QED) is 0.107. The number of alkyl halides is 2. The van der Waals surface area contributed by atoms with Crippen LogP contribution in [0.1, 0.15) is 81.7 Å². The average Bonchev–Trinajstić information content (AvgIpc) is 4.12. The molecule has 8 atom stereocenters. The van der Waals surface area contributed by atoms with Gasteiger partial charge in [0.2, 0.25) is 5.91 Å². The SMILES string of the molecule is COC(=O)N[C@@H]1C(=O)N2[C@H](CC[C@H]2c2ncc(-c3ccc4c(c3)COc3cc5c(ccc6[nH]c([C@@H]7CC[C@H](C)N7C(=O)[C@@H](NC(=O)OC)[C@H]7CCCOC7)nc65)cc3-4)[nH]2)[I-]C1C. The van der Waals surface area contributed by atoms with Gasteiger partial charge >= 0.3 is 202 Å². The van der Waals surface area contributed by atoms with Crippen molar-refractivity contribution in [1.29, 1.82) is 0 Å². The molecule has 62 heavy (non-hydrogen) atoms. The van der Waals surface area contributed by atoms with E-state index in [0.29, 0.717) is 25.6 Å². The summed E-state index contributed by atoms with van der Waals surface area (Å²) in [5.74, 6) is 1.87. The number of nitrogens with one attached hydrogen (secondary N) is 4. The van der Waals surface area contributed by atoms with Gasteiger partial charge in [-0.15, -0.1) is 0 Å². The zero-order valence-corrected chi connectivity index (χ0v) is 37.2. The number of benzene rings is 3. The van der Waals surface area contributed by atoms with Crippen LogP contribution in [0, 0.1) is 5.92 Å². The van der Waals surface area contributed by atoms with E-state index in [-0.39, 0.29) is 65.0 Å². The predicted octanol–water partition coefficient (Wildman–Crippen LogP) is 3.07. The Morgan fingerprint density at radius 1 is 0.935 bits per heavy atom. The summed E-state index contributed by atoms with van der Waals surface area (Å²) in [6, 6.07) is 12.8. The summed E-state index contributed by atoms with van der Waals surface area (Å²) in [6.07, 6.45) is 5.51. The third-order valence-corrected chi connectivity index (χ3v) is 17.2. The maximum absolute atomic E-state index is 14.4. The second-order valence-electron chi connectivity index (χ2n) is 17.0. The number of hydrogen-bond donors (Lipinski definition) is 4. The summed E-state index contributed by atoms with van der Waals surface area (Å²) in [5, 5.41) is 7.57. The zero-order valence-electron chi connectivity index (χ0n) is 35.0. The molecule has 2 aromatic heterocycles. The second-order valence-corrected chi connectivity index (χ2v) is 21.1. The van der Waals surface area contributed by atoms with Crippen molar-refractivity contribution in [3.05, 3.63) is 65.9 Å². The van der Waals surface area contributed by atoms with Gasteiger partial charge in [0.15, 0.2) is 0 Å². The van der Waals surface area contributed by atoms with Crippen molar-refractivity contribution >= 4 is 45.8 Å². The third kappa shape index (κ3) is 7.09. The minimum atomic E-state index is -0.764.